The number of aryl methyl sites for hydroxylation is 1. The molecule has 33 heavy (non-hydrogen) atoms. The first-order chi connectivity index (χ1) is 15.6. The molecule has 9 heteroatoms. The molecule has 0 radical (unpaired) electrons. The molecule has 1 amide bonds. The Labute approximate surface area is 211 Å². The third-order valence-corrected chi connectivity index (χ3v) is 5.36. The number of aromatic nitrogens is 2. The van der Waals surface area contributed by atoms with Crippen LogP contribution in [0, 0.1) is 0 Å². The van der Waals surface area contributed by atoms with Gasteiger partial charge in [0.1, 0.15) is 18.9 Å². The van der Waals surface area contributed by atoms with Gasteiger partial charge < -0.3 is 19.9 Å². The number of amides is 1. The Morgan fingerprint density at radius 1 is 1.09 bits per heavy atom. The summed E-state index contributed by atoms with van der Waals surface area (Å²) in [4.78, 5) is 20.8. The fourth-order valence-corrected chi connectivity index (χ4v) is 3.62. The number of nitrogens with one attached hydrogen (secondary N) is 1. The highest BCUT2D eigenvalue weighted by atomic mass is 127. The van der Waals surface area contributed by atoms with Crippen molar-refractivity contribution in [2.45, 2.75) is 13.2 Å². The lowest BCUT2D eigenvalue weighted by Crippen LogP contribution is -2.55. The average molecular weight is 560 g/mol. The monoisotopic (exact) mass is 560 g/mol. The van der Waals surface area contributed by atoms with Crippen molar-refractivity contribution in [1.82, 2.24) is 20.0 Å². The summed E-state index contributed by atoms with van der Waals surface area (Å²) in [6.07, 6.45) is 3.57. The number of hydrogen-bond acceptors (Lipinski definition) is 4. The minimum absolute atomic E-state index is 0. The zero-order chi connectivity index (χ0) is 22.3. The van der Waals surface area contributed by atoms with E-state index in [0.29, 0.717) is 26.2 Å². The van der Waals surface area contributed by atoms with Crippen LogP contribution in [0.2, 0.25) is 0 Å². The van der Waals surface area contributed by atoms with Crippen LogP contribution in [0.5, 0.6) is 5.75 Å². The Morgan fingerprint density at radius 3 is 2.45 bits per heavy atom. The normalized spacial score (nSPS) is 14.1. The van der Waals surface area contributed by atoms with Crippen molar-refractivity contribution >= 4 is 41.5 Å². The molecule has 8 nitrogen and oxygen atoms in total. The summed E-state index contributed by atoms with van der Waals surface area (Å²) in [6.45, 7) is 2.74. The SMILES string of the molecule is CN=C(NCc1ccc(COc2ccccc2)cc1)N1CCN(c2cnn(C)c2)C(=O)C1.I. The smallest absolute Gasteiger partial charge is 0.246 e. The van der Waals surface area contributed by atoms with Crippen LogP contribution < -0.4 is 15.0 Å². The molecule has 0 unspecified atom stereocenters. The molecule has 1 aliphatic rings. The molecule has 2 aromatic carbocycles. The highest BCUT2D eigenvalue weighted by Crippen LogP contribution is 2.16. The van der Waals surface area contributed by atoms with E-state index in [-0.39, 0.29) is 36.4 Å². The second-order valence-electron chi connectivity index (χ2n) is 7.66. The van der Waals surface area contributed by atoms with Gasteiger partial charge in [0.2, 0.25) is 5.91 Å². The van der Waals surface area contributed by atoms with E-state index >= 15 is 0 Å². The number of ether oxygens (including phenoxy) is 1. The molecule has 1 aromatic heterocycles. The fraction of sp³-hybridized carbons (Fsp3) is 0.292. The standard InChI is InChI=1S/C24H28N6O2.HI/c1-25-24(29-12-13-30(23(31)17-29)21-15-27-28(2)16-21)26-14-19-8-10-20(11-9-19)18-32-22-6-4-3-5-7-22;/h3-11,15-16H,12-14,17-18H2,1-2H3,(H,25,26);1H. The number of hydrogen-bond donors (Lipinski definition) is 1. The Balaban J connectivity index is 0.00000306. The Bertz CT molecular complexity index is 1070. The summed E-state index contributed by atoms with van der Waals surface area (Å²) in [5.41, 5.74) is 3.07. The molecule has 174 valence electrons. The van der Waals surface area contributed by atoms with E-state index in [4.69, 9.17) is 4.74 Å². The van der Waals surface area contributed by atoms with Gasteiger partial charge in [-0.2, -0.15) is 5.10 Å². The molecule has 0 atom stereocenters. The van der Waals surface area contributed by atoms with Gasteiger partial charge in [-0.25, -0.2) is 0 Å². The van der Waals surface area contributed by atoms with Crippen LogP contribution in [-0.4, -0.2) is 53.2 Å². The van der Waals surface area contributed by atoms with Crippen molar-refractivity contribution in [1.29, 1.82) is 0 Å². The second kappa shape index (κ2) is 11.7. The molecular weight excluding hydrogens is 531 g/mol. The number of benzene rings is 2. The average Bonchev–Trinajstić information content (AvgIpc) is 3.25. The van der Waals surface area contributed by atoms with Gasteiger partial charge in [-0.05, 0) is 23.3 Å². The van der Waals surface area contributed by atoms with Gasteiger partial charge in [0.05, 0.1) is 11.9 Å². The number of halogens is 1. The van der Waals surface area contributed by atoms with Crippen molar-refractivity contribution in [2.75, 3.05) is 31.6 Å². The summed E-state index contributed by atoms with van der Waals surface area (Å²) in [5.74, 6) is 1.62. The first kappa shape index (κ1) is 24.6. The van der Waals surface area contributed by atoms with E-state index < -0.39 is 0 Å². The van der Waals surface area contributed by atoms with Crippen LogP contribution in [0.3, 0.4) is 0 Å². The maximum atomic E-state index is 12.7. The van der Waals surface area contributed by atoms with E-state index in [1.807, 2.05) is 48.5 Å². The second-order valence-corrected chi connectivity index (χ2v) is 7.66. The van der Waals surface area contributed by atoms with Crippen LogP contribution in [0.25, 0.3) is 0 Å². The molecule has 2 heterocycles. The van der Waals surface area contributed by atoms with E-state index in [1.165, 1.54) is 0 Å². The van der Waals surface area contributed by atoms with E-state index in [2.05, 4.69) is 39.7 Å². The minimum Gasteiger partial charge on any atom is -0.489 e. The van der Waals surface area contributed by atoms with Crippen molar-refractivity contribution < 1.29 is 9.53 Å². The lowest BCUT2D eigenvalue weighted by molar-refractivity contribution is -0.120. The predicted octanol–water partition coefficient (Wildman–Crippen LogP) is 3.04. The molecule has 1 N–H and O–H groups in total. The highest BCUT2D eigenvalue weighted by Gasteiger charge is 2.27. The highest BCUT2D eigenvalue weighted by molar-refractivity contribution is 14.0. The van der Waals surface area contributed by atoms with Gasteiger partial charge >= 0.3 is 0 Å². The zero-order valence-corrected chi connectivity index (χ0v) is 21.2. The third kappa shape index (κ3) is 6.47. The maximum Gasteiger partial charge on any atom is 0.246 e. The van der Waals surface area contributed by atoms with Crippen LogP contribution >= 0.6 is 24.0 Å². The number of piperazine rings is 1. The molecule has 1 fully saturated rings. The molecule has 1 aliphatic heterocycles. The third-order valence-electron chi connectivity index (χ3n) is 5.36. The Morgan fingerprint density at radius 2 is 1.82 bits per heavy atom. The molecule has 4 rings (SSSR count). The number of guanidine groups is 1. The van der Waals surface area contributed by atoms with Crippen molar-refractivity contribution in [3.8, 4) is 5.75 Å². The number of aliphatic imine (C=N–C) groups is 1. The van der Waals surface area contributed by atoms with Crippen LogP contribution in [0.4, 0.5) is 5.69 Å². The molecule has 0 spiro atoms. The van der Waals surface area contributed by atoms with Crippen LogP contribution in [0.15, 0.2) is 72.0 Å². The van der Waals surface area contributed by atoms with Crippen molar-refractivity contribution in [2.24, 2.45) is 12.0 Å². The molecule has 3 aromatic rings. The Kier molecular flexibility index (Phi) is 8.70. The summed E-state index contributed by atoms with van der Waals surface area (Å²) in [6, 6.07) is 18.1. The summed E-state index contributed by atoms with van der Waals surface area (Å²) < 4.78 is 7.50. The first-order valence-electron chi connectivity index (χ1n) is 10.6. The van der Waals surface area contributed by atoms with Gasteiger partial charge in [0.25, 0.3) is 0 Å². The fourth-order valence-electron chi connectivity index (χ4n) is 3.62. The molecule has 1 saturated heterocycles. The number of carbonyl (C=O) groups excluding carboxylic acids is 1. The number of carbonyl (C=O) groups is 1. The summed E-state index contributed by atoms with van der Waals surface area (Å²) in [7, 11) is 3.59. The molecule has 0 aliphatic carbocycles. The number of nitrogens with zero attached hydrogens (tertiary/aromatic N) is 5. The topological polar surface area (TPSA) is 75.0 Å². The first-order valence-corrected chi connectivity index (χ1v) is 10.6. The van der Waals surface area contributed by atoms with Crippen LogP contribution in [0.1, 0.15) is 11.1 Å². The molecule has 0 saturated carbocycles. The predicted molar refractivity (Wildman–Crippen MR) is 140 cm³/mol. The summed E-state index contributed by atoms with van der Waals surface area (Å²) >= 11 is 0. The number of rotatable bonds is 6. The van der Waals surface area contributed by atoms with E-state index in [9.17, 15) is 4.79 Å². The van der Waals surface area contributed by atoms with Gasteiger partial charge in [0, 0.05) is 39.9 Å². The largest absolute Gasteiger partial charge is 0.489 e. The van der Waals surface area contributed by atoms with Crippen LogP contribution in [-0.2, 0) is 25.0 Å². The number of anilines is 1. The Hall–Kier alpha value is -3.08. The van der Waals surface area contributed by atoms with E-state index in [0.717, 1.165) is 28.5 Å². The van der Waals surface area contributed by atoms with Gasteiger partial charge in [-0.3, -0.25) is 14.5 Å². The number of para-hydroxylation sites is 1. The molecular formula is C24H29IN6O2. The lowest BCUT2D eigenvalue weighted by atomic mass is 10.1. The minimum atomic E-state index is 0. The van der Waals surface area contributed by atoms with Gasteiger partial charge in [-0.15, -0.1) is 24.0 Å². The molecule has 0 bridgehead atoms. The van der Waals surface area contributed by atoms with E-state index in [1.54, 1.807) is 22.8 Å². The zero-order valence-electron chi connectivity index (χ0n) is 18.8. The van der Waals surface area contributed by atoms with Gasteiger partial charge in [0.15, 0.2) is 5.96 Å². The lowest BCUT2D eigenvalue weighted by Gasteiger charge is -2.35. The quantitative estimate of drug-likeness (QED) is 0.285. The van der Waals surface area contributed by atoms with Crippen molar-refractivity contribution in [3.05, 3.63) is 78.1 Å². The van der Waals surface area contributed by atoms with Gasteiger partial charge in [-0.1, -0.05) is 42.5 Å². The van der Waals surface area contributed by atoms with Crippen molar-refractivity contribution in [3.63, 3.8) is 0 Å². The summed E-state index contributed by atoms with van der Waals surface area (Å²) in [5, 5.41) is 7.53. The maximum absolute atomic E-state index is 12.7.